The van der Waals surface area contributed by atoms with Gasteiger partial charge in [0.05, 0.1) is 7.11 Å². The van der Waals surface area contributed by atoms with Crippen LogP contribution in [0.25, 0.3) is 0 Å². The lowest BCUT2D eigenvalue weighted by Crippen LogP contribution is -2.44. The lowest BCUT2D eigenvalue weighted by atomic mass is 9.63. The quantitative estimate of drug-likeness (QED) is 0.360. The number of carbonyl (C=O) groups is 2. The van der Waals surface area contributed by atoms with Gasteiger partial charge in [0.2, 0.25) is 0 Å². The second-order valence-corrected chi connectivity index (χ2v) is 13.4. The second-order valence-electron chi connectivity index (χ2n) is 13.4. The molecule has 0 saturated heterocycles. The van der Waals surface area contributed by atoms with E-state index in [0.29, 0.717) is 30.9 Å². The standard InChI is InChI=1S/C35H43NO4/c1-8-14-36-25-17-34(3,4)19-27(37)32(25)31(33-26(36)18-35(5,6)20-28(33)38)24-12-13-29(30(16-24)39-7)40-21-23-11-9-10-22(2)15-23/h9-13,15-16,31H,8,14,17-21H2,1-7H3. The van der Waals surface area contributed by atoms with Crippen molar-refractivity contribution in [1.82, 2.24) is 4.90 Å². The Morgan fingerprint density at radius 3 is 2.02 bits per heavy atom. The number of benzene rings is 2. The highest BCUT2D eigenvalue weighted by Crippen LogP contribution is 2.55. The van der Waals surface area contributed by atoms with Crippen LogP contribution in [0.1, 0.15) is 89.3 Å². The topological polar surface area (TPSA) is 55.8 Å². The lowest BCUT2D eigenvalue weighted by molar-refractivity contribution is -0.119. The van der Waals surface area contributed by atoms with Gasteiger partial charge in [-0.2, -0.15) is 0 Å². The number of hydrogen-bond acceptors (Lipinski definition) is 5. The zero-order valence-corrected chi connectivity index (χ0v) is 25.1. The number of allylic oxidation sites excluding steroid dienone is 4. The molecule has 3 aliphatic rings. The third-order valence-corrected chi connectivity index (χ3v) is 8.47. The van der Waals surface area contributed by atoms with Gasteiger partial charge in [-0.3, -0.25) is 9.59 Å². The van der Waals surface area contributed by atoms with Crippen LogP contribution in [-0.2, 0) is 16.2 Å². The molecule has 2 aromatic rings. The summed E-state index contributed by atoms with van der Waals surface area (Å²) in [5, 5.41) is 0. The minimum absolute atomic E-state index is 0.121. The van der Waals surface area contributed by atoms with Gasteiger partial charge < -0.3 is 14.4 Å². The van der Waals surface area contributed by atoms with E-state index in [1.807, 2.05) is 30.3 Å². The minimum atomic E-state index is -0.384. The molecule has 0 saturated carbocycles. The summed E-state index contributed by atoms with van der Waals surface area (Å²) >= 11 is 0. The maximum absolute atomic E-state index is 13.9. The van der Waals surface area contributed by atoms with Gasteiger partial charge in [-0.05, 0) is 60.3 Å². The summed E-state index contributed by atoms with van der Waals surface area (Å²) in [5.41, 5.74) is 6.76. The van der Waals surface area contributed by atoms with E-state index in [-0.39, 0.29) is 28.3 Å². The Labute approximate surface area is 239 Å². The minimum Gasteiger partial charge on any atom is -0.493 e. The van der Waals surface area contributed by atoms with Gasteiger partial charge in [0.1, 0.15) is 6.61 Å². The number of Topliss-reactive ketones (excluding diaryl/α,β-unsaturated/α-hetero) is 2. The monoisotopic (exact) mass is 541 g/mol. The fourth-order valence-electron chi connectivity index (χ4n) is 6.82. The Bertz CT molecular complexity index is 1360. The fourth-order valence-corrected chi connectivity index (χ4v) is 6.82. The van der Waals surface area contributed by atoms with Gasteiger partial charge in [-0.15, -0.1) is 0 Å². The predicted octanol–water partition coefficient (Wildman–Crippen LogP) is 7.68. The molecule has 5 heteroatoms. The number of carbonyl (C=O) groups excluding carboxylic acids is 2. The number of ketones is 2. The Balaban J connectivity index is 1.61. The average molecular weight is 542 g/mol. The van der Waals surface area contributed by atoms with Crippen molar-refractivity contribution in [3.05, 3.63) is 81.7 Å². The molecule has 0 N–H and O–H groups in total. The first-order chi connectivity index (χ1) is 18.9. The van der Waals surface area contributed by atoms with Crippen LogP contribution in [0.3, 0.4) is 0 Å². The van der Waals surface area contributed by atoms with Crippen molar-refractivity contribution in [1.29, 1.82) is 0 Å². The van der Waals surface area contributed by atoms with Crippen molar-refractivity contribution in [2.45, 2.75) is 86.2 Å². The van der Waals surface area contributed by atoms with Crippen LogP contribution in [0, 0.1) is 17.8 Å². The van der Waals surface area contributed by atoms with Crippen molar-refractivity contribution in [3.8, 4) is 11.5 Å². The van der Waals surface area contributed by atoms with Crippen LogP contribution in [0.2, 0.25) is 0 Å². The summed E-state index contributed by atoms with van der Waals surface area (Å²) in [6, 6.07) is 14.2. The second kappa shape index (κ2) is 10.6. The van der Waals surface area contributed by atoms with Crippen LogP contribution < -0.4 is 9.47 Å². The molecule has 2 aliphatic carbocycles. The van der Waals surface area contributed by atoms with Crippen LogP contribution in [-0.4, -0.2) is 30.1 Å². The molecular weight excluding hydrogens is 498 g/mol. The molecule has 1 aliphatic heterocycles. The van der Waals surface area contributed by atoms with Gasteiger partial charge in [0.15, 0.2) is 23.1 Å². The smallest absolute Gasteiger partial charge is 0.162 e. The molecular formula is C35H43NO4. The van der Waals surface area contributed by atoms with Crippen LogP contribution in [0.15, 0.2) is 65.0 Å². The molecule has 1 heterocycles. The van der Waals surface area contributed by atoms with E-state index in [9.17, 15) is 9.59 Å². The molecule has 0 radical (unpaired) electrons. The molecule has 0 unspecified atom stereocenters. The highest BCUT2D eigenvalue weighted by molar-refractivity contribution is 6.06. The fraction of sp³-hybridized carbons (Fsp3) is 0.486. The Morgan fingerprint density at radius 1 is 0.850 bits per heavy atom. The largest absolute Gasteiger partial charge is 0.493 e. The summed E-state index contributed by atoms with van der Waals surface area (Å²) in [5.74, 6) is 1.18. The highest BCUT2D eigenvalue weighted by Gasteiger charge is 2.48. The third-order valence-electron chi connectivity index (χ3n) is 8.47. The maximum Gasteiger partial charge on any atom is 0.162 e. The highest BCUT2D eigenvalue weighted by atomic mass is 16.5. The van der Waals surface area contributed by atoms with Crippen molar-refractivity contribution >= 4 is 11.6 Å². The van der Waals surface area contributed by atoms with E-state index in [1.165, 1.54) is 5.56 Å². The molecule has 40 heavy (non-hydrogen) atoms. The van der Waals surface area contributed by atoms with Gasteiger partial charge in [-0.1, -0.05) is 70.5 Å². The molecule has 0 amide bonds. The molecule has 0 bridgehead atoms. The Morgan fingerprint density at radius 2 is 1.48 bits per heavy atom. The summed E-state index contributed by atoms with van der Waals surface area (Å²) in [6.07, 6.45) is 3.57. The van der Waals surface area contributed by atoms with Crippen LogP contribution >= 0.6 is 0 Å². The molecule has 0 spiro atoms. The number of aryl methyl sites for hydroxylation is 1. The summed E-state index contributed by atoms with van der Waals surface area (Å²) in [6.45, 7) is 14.2. The lowest BCUT2D eigenvalue weighted by Gasteiger charge is -2.49. The molecule has 0 aromatic heterocycles. The number of ether oxygens (including phenoxy) is 2. The first kappa shape index (κ1) is 28.2. The van der Waals surface area contributed by atoms with Crippen molar-refractivity contribution in [2.75, 3.05) is 13.7 Å². The zero-order valence-electron chi connectivity index (χ0n) is 25.1. The predicted molar refractivity (Wildman–Crippen MR) is 158 cm³/mol. The summed E-state index contributed by atoms with van der Waals surface area (Å²) in [4.78, 5) is 30.2. The maximum atomic E-state index is 13.9. The van der Waals surface area contributed by atoms with E-state index in [2.05, 4.69) is 58.6 Å². The van der Waals surface area contributed by atoms with E-state index in [4.69, 9.17) is 9.47 Å². The van der Waals surface area contributed by atoms with Gasteiger partial charge >= 0.3 is 0 Å². The molecule has 2 aromatic carbocycles. The first-order valence-electron chi connectivity index (χ1n) is 14.6. The number of methoxy groups -OCH3 is 1. The van der Waals surface area contributed by atoms with Crippen LogP contribution in [0.4, 0.5) is 0 Å². The zero-order chi connectivity index (χ0) is 28.8. The molecule has 0 fully saturated rings. The van der Waals surface area contributed by atoms with Crippen molar-refractivity contribution in [2.24, 2.45) is 10.8 Å². The summed E-state index contributed by atoms with van der Waals surface area (Å²) < 4.78 is 12.0. The third kappa shape index (κ3) is 5.35. The molecule has 212 valence electrons. The van der Waals surface area contributed by atoms with Gasteiger partial charge in [-0.25, -0.2) is 0 Å². The molecule has 5 nitrogen and oxygen atoms in total. The van der Waals surface area contributed by atoms with E-state index >= 15 is 0 Å². The van der Waals surface area contributed by atoms with Crippen molar-refractivity contribution in [3.63, 3.8) is 0 Å². The van der Waals surface area contributed by atoms with Crippen molar-refractivity contribution < 1.29 is 19.1 Å². The normalized spacial score (nSPS) is 20.4. The van der Waals surface area contributed by atoms with E-state index in [1.54, 1.807) is 7.11 Å². The Hall–Kier alpha value is -3.34. The van der Waals surface area contributed by atoms with Gasteiger partial charge in [0, 0.05) is 47.8 Å². The van der Waals surface area contributed by atoms with E-state index < -0.39 is 0 Å². The number of hydrogen-bond donors (Lipinski definition) is 0. The SMILES string of the molecule is CCCN1C2=C(C(=O)CC(C)(C)C2)C(c2ccc(OCc3cccc(C)c3)c(OC)c2)C2=C1CC(C)(C)CC2=O. The number of rotatable bonds is 7. The first-order valence-corrected chi connectivity index (χ1v) is 14.6. The molecule has 5 rings (SSSR count). The summed E-state index contributed by atoms with van der Waals surface area (Å²) in [7, 11) is 1.64. The average Bonchev–Trinajstić information content (AvgIpc) is 2.87. The van der Waals surface area contributed by atoms with E-state index in [0.717, 1.165) is 59.5 Å². The van der Waals surface area contributed by atoms with Gasteiger partial charge in [0.25, 0.3) is 0 Å². The molecule has 0 atom stereocenters. The number of nitrogens with zero attached hydrogens (tertiary/aromatic N) is 1. The Kier molecular flexibility index (Phi) is 7.45. The van der Waals surface area contributed by atoms with Crippen LogP contribution in [0.5, 0.6) is 11.5 Å².